The van der Waals surface area contributed by atoms with Gasteiger partial charge in [0.1, 0.15) is 10.3 Å². The van der Waals surface area contributed by atoms with Crippen LogP contribution < -0.4 is 5.32 Å². The van der Waals surface area contributed by atoms with Crippen LogP contribution in [0.2, 0.25) is 0 Å². The standard InChI is InChI=1S/C15H18BrN3O3S3/c1-9(2)10-8-23-15(17-10)18-14(20)11-4-3-7-19(11)25(21,22)13-6-5-12(16)24-13/h5-6,8-9,11H,3-4,7H2,1-2H3,(H,17,18,20). The first-order valence-corrected chi connectivity index (χ1v) is 11.8. The Labute approximate surface area is 163 Å². The van der Waals surface area contributed by atoms with Crippen molar-refractivity contribution < 1.29 is 13.2 Å². The van der Waals surface area contributed by atoms with E-state index in [1.807, 2.05) is 19.2 Å². The number of thiophene rings is 1. The van der Waals surface area contributed by atoms with E-state index in [0.29, 0.717) is 24.5 Å². The van der Waals surface area contributed by atoms with Crippen LogP contribution in [0.25, 0.3) is 0 Å². The third kappa shape index (κ3) is 3.97. The number of halogens is 1. The molecule has 0 spiro atoms. The number of nitrogens with zero attached hydrogens (tertiary/aromatic N) is 2. The molecule has 3 heterocycles. The molecule has 3 rings (SSSR count). The number of thiazole rings is 1. The molecular formula is C15H18BrN3O3S3. The lowest BCUT2D eigenvalue weighted by atomic mass is 10.2. The van der Waals surface area contributed by atoms with E-state index in [4.69, 9.17) is 0 Å². The number of carbonyl (C=O) groups excluding carboxylic acids is 1. The Morgan fingerprint density at radius 2 is 2.20 bits per heavy atom. The van der Waals surface area contributed by atoms with Crippen LogP contribution in [0.15, 0.2) is 25.5 Å². The summed E-state index contributed by atoms with van der Waals surface area (Å²) >= 11 is 5.79. The Morgan fingerprint density at radius 1 is 1.44 bits per heavy atom. The zero-order chi connectivity index (χ0) is 18.2. The lowest BCUT2D eigenvalue weighted by Crippen LogP contribution is -2.42. The van der Waals surface area contributed by atoms with Crippen LogP contribution in [-0.2, 0) is 14.8 Å². The summed E-state index contributed by atoms with van der Waals surface area (Å²) < 4.78 is 28.0. The molecule has 1 saturated heterocycles. The van der Waals surface area contributed by atoms with Crippen molar-refractivity contribution in [1.82, 2.24) is 9.29 Å². The summed E-state index contributed by atoms with van der Waals surface area (Å²) in [7, 11) is -3.67. The minimum atomic E-state index is -3.67. The Morgan fingerprint density at radius 3 is 2.80 bits per heavy atom. The van der Waals surface area contributed by atoms with Crippen molar-refractivity contribution in [3.05, 3.63) is 27.0 Å². The van der Waals surface area contributed by atoms with E-state index in [-0.39, 0.29) is 16.0 Å². The Kier molecular flexibility index (Phi) is 5.64. The van der Waals surface area contributed by atoms with Crippen LogP contribution in [-0.4, -0.2) is 36.2 Å². The predicted molar refractivity (Wildman–Crippen MR) is 104 cm³/mol. The highest BCUT2D eigenvalue weighted by atomic mass is 79.9. The summed E-state index contributed by atoms with van der Waals surface area (Å²) in [5.74, 6) is -0.0381. The molecule has 0 radical (unpaired) electrons. The number of rotatable bonds is 5. The molecule has 1 aliphatic rings. The van der Waals surface area contributed by atoms with Gasteiger partial charge >= 0.3 is 0 Å². The highest BCUT2D eigenvalue weighted by molar-refractivity contribution is 9.11. The van der Waals surface area contributed by atoms with Crippen molar-refractivity contribution in [3.8, 4) is 0 Å². The summed E-state index contributed by atoms with van der Waals surface area (Å²) in [6.07, 6.45) is 1.18. The van der Waals surface area contributed by atoms with E-state index in [1.54, 1.807) is 12.1 Å². The number of amides is 1. The Hall–Kier alpha value is -0.810. The van der Waals surface area contributed by atoms with Gasteiger partial charge in [-0.15, -0.1) is 22.7 Å². The van der Waals surface area contributed by atoms with Gasteiger partial charge in [0.2, 0.25) is 5.91 Å². The van der Waals surface area contributed by atoms with Gasteiger partial charge in [-0.1, -0.05) is 13.8 Å². The maximum atomic E-state index is 12.8. The minimum absolute atomic E-state index is 0.246. The van der Waals surface area contributed by atoms with Crippen LogP contribution in [0.3, 0.4) is 0 Å². The molecule has 2 aromatic rings. The minimum Gasteiger partial charge on any atom is -0.301 e. The van der Waals surface area contributed by atoms with Gasteiger partial charge in [-0.05, 0) is 46.8 Å². The monoisotopic (exact) mass is 463 g/mol. The molecule has 1 amide bonds. The number of anilines is 1. The van der Waals surface area contributed by atoms with E-state index < -0.39 is 16.1 Å². The lowest BCUT2D eigenvalue weighted by Gasteiger charge is -2.22. The van der Waals surface area contributed by atoms with Crippen molar-refractivity contribution in [2.24, 2.45) is 0 Å². The summed E-state index contributed by atoms with van der Waals surface area (Å²) in [5.41, 5.74) is 0.916. The molecule has 0 aromatic carbocycles. The predicted octanol–water partition coefficient (Wildman–Crippen LogP) is 3.88. The molecule has 0 aliphatic carbocycles. The van der Waals surface area contributed by atoms with Crippen LogP contribution in [0.4, 0.5) is 5.13 Å². The van der Waals surface area contributed by atoms with E-state index in [2.05, 4.69) is 26.2 Å². The molecule has 1 unspecified atom stereocenters. The molecule has 1 aliphatic heterocycles. The first kappa shape index (κ1) is 19.0. The first-order chi connectivity index (χ1) is 11.8. The molecule has 1 N–H and O–H groups in total. The van der Waals surface area contributed by atoms with Crippen LogP contribution in [0.5, 0.6) is 0 Å². The summed E-state index contributed by atoms with van der Waals surface area (Å²) in [6, 6.07) is 2.57. The van der Waals surface area contributed by atoms with Gasteiger partial charge in [-0.3, -0.25) is 4.79 Å². The summed E-state index contributed by atoms with van der Waals surface area (Å²) in [5, 5.41) is 5.19. The SMILES string of the molecule is CC(C)c1csc(NC(=O)C2CCCN2S(=O)(=O)c2ccc(Br)s2)n1. The van der Waals surface area contributed by atoms with Gasteiger partial charge in [0.15, 0.2) is 5.13 Å². The highest BCUT2D eigenvalue weighted by Crippen LogP contribution is 2.33. The van der Waals surface area contributed by atoms with Crippen molar-refractivity contribution in [3.63, 3.8) is 0 Å². The molecule has 0 saturated carbocycles. The van der Waals surface area contributed by atoms with Crippen molar-refractivity contribution in [1.29, 1.82) is 0 Å². The number of hydrogen-bond donors (Lipinski definition) is 1. The number of hydrogen-bond acceptors (Lipinski definition) is 6. The second-order valence-corrected chi connectivity index (χ2v) is 11.5. The quantitative estimate of drug-likeness (QED) is 0.729. The lowest BCUT2D eigenvalue weighted by molar-refractivity contribution is -0.119. The fourth-order valence-corrected chi connectivity index (χ4v) is 7.31. The third-order valence-corrected chi connectivity index (χ3v) is 8.74. The number of carbonyl (C=O) groups is 1. The largest absolute Gasteiger partial charge is 0.301 e. The van der Waals surface area contributed by atoms with Crippen molar-refractivity contribution in [2.75, 3.05) is 11.9 Å². The number of sulfonamides is 1. The Bertz CT molecular complexity index is 875. The van der Waals surface area contributed by atoms with E-state index >= 15 is 0 Å². The molecule has 1 fully saturated rings. The number of aromatic nitrogens is 1. The highest BCUT2D eigenvalue weighted by Gasteiger charge is 2.40. The average Bonchev–Trinajstić information content (AvgIpc) is 3.26. The topological polar surface area (TPSA) is 79.4 Å². The van der Waals surface area contributed by atoms with Gasteiger partial charge in [0, 0.05) is 11.9 Å². The van der Waals surface area contributed by atoms with E-state index in [9.17, 15) is 13.2 Å². The van der Waals surface area contributed by atoms with E-state index in [0.717, 1.165) is 20.8 Å². The van der Waals surface area contributed by atoms with Crippen molar-refractivity contribution >= 4 is 59.7 Å². The zero-order valence-corrected chi connectivity index (χ0v) is 17.8. The molecule has 6 nitrogen and oxygen atoms in total. The Balaban J connectivity index is 1.77. The second-order valence-electron chi connectivity index (χ2n) is 6.05. The maximum absolute atomic E-state index is 12.8. The smallest absolute Gasteiger partial charge is 0.253 e. The second kappa shape index (κ2) is 7.43. The molecule has 1 atom stereocenters. The van der Waals surface area contributed by atoms with Crippen LogP contribution >= 0.6 is 38.6 Å². The van der Waals surface area contributed by atoms with E-state index in [1.165, 1.54) is 15.6 Å². The van der Waals surface area contributed by atoms with Gasteiger partial charge in [-0.2, -0.15) is 4.31 Å². The van der Waals surface area contributed by atoms with Gasteiger partial charge in [0.05, 0.1) is 9.48 Å². The fourth-order valence-electron chi connectivity index (χ4n) is 2.64. The molecular weight excluding hydrogens is 446 g/mol. The van der Waals surface area contributed by atoms with Gasteiger partial charge < -0.3 is 5.32 Å². The molecule has 10 heteroatoms. The third-order valence-electron chi connectivity index (χ3n) is 3.96. The molecule has 2 aromatic heterocycles. The maximum Gasteiger partial charge on any atom is 0.253 e. The summed E-state index contributed by atoms with van der Waals surface area (Å²) in [4.78, 5) is 17.0. The van der Waals surface area contributed by atoms with Gasteiger partial charge in [-0.25, -0.2) is 13.4 Å². The average molecular weight is 464 g/mol. The fraction of sp³-hybridized carbons (Fsp3) is 0.467. The molecule has 25 heavy (non-hydrogen) atoms. The normalized spacial score (nSPS) is 18.8. The summed E-state index contributed by atoms with van der Waals surface area (Å²) in [6.45, 7) is 4.42. The first-order valence-electron chi connectivity index (χ1n) is 7.82. The van der Waals surface area contributed by atoms with Crippen LogP contribution in [0.1, 0.15) is 38.3 Å². The van der Waals surface area contributed by atoms with Crippen LogP contribution in [0, 0.1) is 0 Å². The molecule has 136 valence electrons. The molecule has 0 bridgehead atoms. The number of nitrogens with one attached hydrogen (secondary N) is 1. The zero-order valence-electron chi connectivity index (χ0n) is 13.7. The van der Waals surface area contributed by atoms with Gasteiger partial charge in [0.25, 0.3) is 10.0 Å². The van der Waals surface area contributed by atoms with Crippen molar-refractivity contribution in [2.45, 2.75) is 42.9 Å².